The lowest BCUT2D eigenvalue weighted by Gasteiger charge is -2.20. The van der Waals surface area contributed by atoms with Crippen molar-refractivity contribution < 1.29 is 21.6 Å². The summed E-state index contributed by atoms with van der Waals surface area (Å²) >= 11 is 0.651. The van der Waals surface area contributed by atoms with Gasteiger partial charge in [-0.3, -0.25) is 0 Å². The fourth-order valence-electron chi connectivity index (χ4n) is 1.21. The molecule has 1 aromatic heterocycles. The van der Waals surface area contributed by atoms with Crippen LogP contribution in [0.2, 0.25) is 0 Å². The Bertz CT molecular complexity index is 557. The Balaban J connectivity index is 3.08. The van der Waals surface area contributed by atoms with Gasteiger partial charge in [-0.05, 0) is 12.1 Å². The van der Waals surface area contributed by atoms with Crippen LogP contribution < -0.4 is 0 Å². The van der Waals surface area contributed by atoms with Crippen molar-refractivity contribution in [3.8, 4) is 6.07 Å². The van der Waals surface area contributed by atoms with Crippen LogP contribution in [0.4, 0.5) is 13.2 Å². The highest BCUT2D eigenvalue weighted by Crippen LogP contribution is 2.27. The third-order valence-electron chi connectivity index (χ3n) is 1.99. The summed E-state index contributed by atoms with van der Waals surface area (Å²) in [6, 6.07) is 4.14. The zero-order chi connectivity index (χ0) is 14.0. The normalized spacial score (nSPS) is 12.7. The second-order valence-electron chi connectivity index (χ2n) is 3.28. The molecule has 0 fully saturated rings. The highest BCUT2D eigenvalue weighted by molar-refractivity contribution is 7.91. The van der Waals surface area contributed by atoms with Gasteiger partial charge in [-0.15, -0.1) is 11.3 Å². The van der Waals surface area contributed by atoms with Crippen LogP contribution in [-0.2, 0) is 10.0 Å². The highest BCUT2D eigenvalue weighted by Gasteiger charge is 2.36. The smallest absolute Gasteiger partial charge is 0.206 e. The molecular weight excluding hydrogens is 289 g/mol. The third kappa shape index (κ3) is 3.44. The number of sulfonamides is 1. The molecule has 0 amide bonds. The van der Waals surface area contributed by atoms with Crippen molar-refractivity contribution in [2.75, 3.05) is 13.1 Å². The number of hydrogen-bond acceptors (Lipinski definition) is 4. The molecule has 0 aromatic carbocycles. The van der Waals surface area contributed by atoms with Crippen LogP contribution >= 0.6 is 11.3 Å². The van der Waals surface area contributed by atoms with E-state index in [1.807, 2.05) is 0 Å². The van der Waals surface area contributed by atoms with Gasteiger partial charge < -0.3 is 0 Å². The van der Waals surface area contributed by atoms with E-state index in [1.54, 1.807) is 6.07 Å². The van der Waals surface area contributed by atoms with E-state index in [2.05, 4.69) is 0 Å². The van der Waals surface area contributed by atoms with Crippen LogP contribution in [0.25, 0.3) is 0 Å². The number of nitriles is 1. The second-order valence-corrected chi connectivity index (χ2v) is 6.53. The van der Waals surface area contributed by atoms with Crippen molar-refractivity contribution in [3.63, 3.8) is 0 Å². The molecule has 0 N–H and O–H groups in total. The van der Waals surface area contributed by atoms with Crippen LogP contribution in [0.1, 0.15) is 11.8 Å². The summed E-state index contributed by atoms with van der Waals surface area (Å²) in [4.78, 5) is 0.136. The first-order chi connectivity index (χ1) is 8.20. The van der Waals surface area contributed by atoms with E-state index < -0.39 is 22.7 Å². The van der Waals surface area contributed by atoms with E-state index in [1.165, 1.54) is 13.0 Å². The fourth-order valence-corrected chi connectivity index (χ4v) is 3.90. The second kappa shape index (κ2) is 5.26. The standard InChI is InChI=1S/C9H9F3N2O2S2/c1-2-14(6-9(10,11)12)18(15,16)8-4-3-7(5-13)17-8/h3-4H,2,6H2,1H3. The van der Waals surface area contributed by atoms with Crippen molar-refractivity contribution in [2.24, 2.45) is 0 Å². The maximum atomic E-state index is 12.3. The van der Waals surface area contributed by atoms with Crippen LogP contribution in [0.5, 0.6) is 0 Å². The lowest BCUT2D eigenvalue weighted by molar-refractivity contribution is -0.135. The molecule has 100 valence electrons. The molecule has 0 saturated heterocycles. The monoisotopic (exact) mass is 298 g/mol. The van der Waals surface area contributed by atoms with Gasteiger partial charge in [0.1, 0.15) is 21.7 Å². The molecule has 0 saturated carbocycles. The van der Waals surface area contributed by atoms with Crippen LogP contribution in [0.3, 0.4) is 0 Å². The lowest BCUT2D eigenvalue weighted by Crippen LogP contribution is -2.38. The number of alkyl halides is 3. The number of rotatable bonds is 4. The molecule has 0 aliphatic carbocycles. The van der Waals surface area contributed by atoms with Crippen molar-refractivity contribution in [1.82, 2.24) is 4.31 Å². The number of thiophene rings is 1. The van der Waals surface area contributed by atoms with Gasteiger partial charge in [0.05, 0.1) is 0 Å². The number of halogens is 3. The van der Waals surface area contributed by atoms with E-state index in [9.17, 15) is 21.6 Å². The molecule has 0 spiro atoms. The van der Waals surface area contributed by atoms with Gasteiger partial charge in [0, 0.05) is 6.54 Å². The molecule has 1 heterocycles. The Morgan fingerprint density at radius 3 is 2.44 bits per heavy atom. The Morgan fingerprint density at radius 2 is 2.06 bits per heavy atom. The molecule has 1 aromatic rings. The molecular formula is C9H9F3N2O2S2. The quantitative estimate of drug-likeness (QED) is 0.856. The number of nitrogens with zero attached hydrogens (tertiary/aromatic N) is 2. The molecule has 18 heavy (non-hydrogen) atoms. The molecule has 0 aliphatic heterocycles. The minimum atomic E-state index is -4.60. The van der Waals surface area contributed by atoms with Gasteiger partial charge >= 0.3 is 6.18 Å². The van der Waals surface area contributed by atoms with Crippen LogP contribution in [-0.4, -0.2) is 32.0 Å². The summed E-state index contributed by atoms with van der Waals surface area (Å²) in [6.45, 7) is -0.505. The van der Waals surface area contributed by atoms with Crippen molar-refractivity contribution in [1.29, 1.82) is 5.26 Å². The first-order valence-corrected chi connectivity index (χ1v) is 7.03. The molecule has 0 unspecified atom stereocenters. The van der Waals surface area contributed by atoms with Crippen LogP contribution in [0, 0.1) is 11.3 Å². The zero-order valence-electron chi connectivity index (χ0n) is 9.23. The first-order valence-electron chi connectivity index (χ1n) is 4.77. The van der Waals surface area contributed by atoms with Gasteiger partial charge in [0.15, 0.2) is 0 Å². The SMILES string of the molecule is CCN(CC(F)(F)F)S(=O)(=O)c1ccc(C#N)s1. The summed E-state index contributed by atoms with van der Waals surface area (Å²) in [6.07, 6.45) is -4.60. The Hall–Kier alpha value is -1.11. The molecule has 9 heteroatoms. The Labute approximate surface area is 106 Å². The molecule has 0 radical (unpaired) electrons. The van der Waals surface area contributed by atoms with Crippen molar-refractivity contribution in [3.05, 3.63) is 17.0 Å². The third-order valence-corrected chi connectivity index (χ3v) is 5.37. The summed E-state index contributed by atoms with van der Waals surface area (Å²) in [5.74, 6) is 0. The number of hydrogen-bond donors (Lipinski definition) is 0. The van der Waals surface area contributed by atoms with E-state index in [4.69, 9.17) is 5.26 Å². The summed E-state index contributed by atoms with van der Waals surface area (Å²) in [7, 11) is -4.19. The molecule has 0 bridgehead atoms. The lowest BCUT2D eigenvalue weighted by atomic mass is 10.5. The van der Waals surface area contributed by atoms with Gasteiger partial charge in [-0.2, -0.15) is 22.7 Å². The van der Waals surface area contributed by atoms with Gasteiger partial charge in [0.25, 0.3) is 10.0 Å². The average molecular weight is 298 g/mol. The Kier molecular flexibility index (Phi) is 4.37. The largest absolute Gasteiger partial charge is 0.402 e. The summed E-state index contributed by atoms with van der Waals surface area (Å²) in [5, 5.41) is 8.57. The Morgan fingerprint density at radius 1 is 1.44 bits per heavy atom. The minimum absolute atomic E-state index is 0.136. The van der Waals surface area contributed by atoms with Crippen molar-refractivity contribution in [2.45, 2.75) is 17.3 Å². The van der Waals surface area contributed by atoms with Gasteiger partial charge in [0.2, 0.25) is 0 Å². The van der Waals surface area contributed by atoms with E-state index in [-0.39, 0.29) is 15.6 Å². The van der Waals surface area contributed by atoms with Gasteiger partial charge in [-0.25, -0.2) is 8.42 Å². The molecule has 4 nitrogen and oxygen atoms in total. The molecule has 0 atom stereocenters. The first kappa shape index (κ1) is 14.9. The topological polar surface area (TPSA) is 61.2 Å². The summed E-state index contributed by atoms with van der Waals surface area (Å²) in [5.41, 5.74) is 0. The maximum Gasteiger partial charge on any atom is 0.402 e. The summed E-state index contributed by atoms with van der Waals surface area (Å²) < 4.78 is 60.6. The predicted octanol–water partition coefficient (Wildman–Crippen LogP) is 2.19. The molecule has 1 rings (SSSR count). The highest BCUT2D eigenvalue weighted by atomic mass is 32.2. The minimum Gasteiger partial charge on any atom is -0.206 e. The van der Waals surface area contributed by atoms with E-state index in [0.29, 0.717) is 15.6 Å². The van der Waals surface area contributed by atoms with E-state index >= 15 is 0 Å². The maximum absolute atomic E-state index is 12.3. The van der Waals surface area contributed by atoms with Crippen molar-refractivity contribution >= 4 is 21.4 Å². The fraction of sp³-hybridized carbons (Fsp3) is 0.444. The van der Waals surface area contributed by atoms with E-state index in [0.717, 1.165) is 6.07 Å². The average Bonchev–Trinajstić information content (AvgIpc) is 2.73. The zero-order valence-corrected chi connectivity index (χ0v) is 10.9. The predicted molar refractivity (Wildman–Crippen MR) is 59.5 cm³/mol. The van der Waals surface area contributed by atoms with Crippen LogP contribution in [0.15, 0.2) is 16.3 Å². The molecule has 0 aliphatic rings. The van der Waals surface area contributed by atoms with Gasteiger partial charge in [-0.1, -0.05) is 6.92 Å².